The minimum atomic E-state index is 0.234. The summed E-state index contributed by atoms with van der Waals surface area (Å²) in [6.45, 7) is 6.22. The summed E-state index contributed by atoms with van der Waals surface area (Å²) in [6, 6.07) is 2.02. The van der Waals surface area contributed by atoms with Crippen LogP contribution in [0.1, 0.15) is 32.6 Å². The lowest BCUT2D eigenvalue weighted by molar-refractivity contribution is -0.129. The Bertz CT molecular complexity index is 511. The van der Waals surface area contributed by atoms with Crippen LogP contribution < -0.4 is 4.90 Å². The SMILES string of the molecule is CC1CCN(C(=O)CSc2cc(N3CCCC3)ncn2)CC1. The summed E-state index contributed by atoms with van der Waals surface area (Å²) in [5.41, 5.74) is 0. The number of anilines is 1. The highest BCUT2D eigenvalue weighted by molar-refractivity contribution is 7.99. The minimum Gasteiger partial charge on any atom is -0.356 e. The Kier molecular flexibility index (Phi) is 5.18. The van der Waals surface area contributed by atoms with Gasteiger partial charge in [0.15, 0.2) is 0 Å². The molecule has 0 atom stereocenters. The van der Waals surface area contributed by atoms with Gasteiger partial charge in [0, 0.05) is 32.2 Å². The third kappa shape index (κ3) is 3.91. The quantitative estimate of drug-likeness (QED) is 0.630. The molecule has 0 aromatic carbocycles. The van der Waals surface area contributed by atoms with Crippen molar-refractivity contribution in [3.63, 3.8) is 0 Å². The molecule has 0 bridgehead atoms. The van der Waals surface area contributed by atoms with Gasteiger partial charge in [-0.15, -0.1) is 0 Å². The number of hydrogen-bond donors (Lipinski definition) is 0. The number of amides is 1. The highest BCUT2D eigenvalue weighted by Gasteiger charge is 2.20. The highest BCUT2D eigenvalue weighted by Crippen LogP contribution is 2.23. The molecule has 0 unspecified atom stereocenters. The second-order valence-electron chi connectivity index (χ2n) is 6.26. The molecule has 6 heteroatoms. The smallest absolute Gasteiger partial charge is 0.232 e. The van der Waals surface area contributed by atoms with E-state index in [9.17, 15) is 4.79 Å². The number of nitrogens with zero attached hydrogens (tertiary/aromatic N) is 4. The molecule has 2 saturated heterocycles. The summed E-state index contributed by atoms with van der Waals surface area (Å²) in [4.78, 5) is 25.2. The molecule has 1 aromatic rings. The van der Waals surface area contributed by atoms with E-state index in [4.69, 9.17) is 0 Å². The van der Waals surface area contributed by atoms with Crippen LogP contribution in [0.3, 0.4) is 0 Å². The van der Waals surface area contributed by atoms with Crippen LogP contribution in [0.4, 0.5) is 5.82 Å². The summed E-state index contributed by atoms with van der Waals surface area (Å²) in [5, 5.41) is 0.899. The maximum atomic E-state index is 12.3. The van der Waals surface area contributed by atoms with Crippen molar-refractivity contribution in [2.75, 3.05) is 36.8 Å². The summed E-state index contributed by atoms with van der Waals surface area (Å²) < 4.78 is 0. The molecule has 2 aliphatic rings. The number of likely N-dealkylation sites (tertiary alicyclic amines) is 1. The molecule has 0 spiro atoms. The molecule has 5 nitrogen and oxygen atoms in total. The van der Waals surface area contributed by atoms with Gasteiger partial charge in [0.1, 0.15) is 17.2 Å². The van der Waals surface area contributed by atoms with Gasteiger partial charge in [-0.25, -0.2) is 9.97 Å². The van der Waals surface area contributed by atoms with Crippen molar-refractivity contribution in [3.05, 3.63) is 12.4 Å². The zero-order valence-corrected chi connectivity index (χ0v) is 14.0. The first-order chi connectivity index (χ1) is 10.7. The molecule has 0 aliphatic carbocycles. The Hall–Kier alpha value is -1.30. The predicted molar refractivity (Wildman–Crippen MR) is 89.2 cm³/mol. The Balaban J connectivity index is 1.52. The van der Waals surface area contributed by atoms with Crippen LogP contribution in [0.25, 0.3) is 0 Å². The van der Waals surface area contributed by atoms with Crippen LogP contribution in [0.5, 0.6) is 0 Å². The first-order valence-corrected chi connectivity index (χ1v) is 9.18. The monoisotopic (exact) mass is 320 g/mol. The standard InChI is InChI=1S/C16H24N4OS/c1-13-4-8-20(9-5-13)16(21)11-22-15-10-14(17-12-18-15)19-6-2-3-7-19/h10,12-13H,2-9,11H2,1H3. The first-order valence-electron chi connectivity index (χ1n) is 8.20. The van der Waals surface area contributed by atoms with Gasteiger partial charge in [0.2, 0.25) is 5.91 Å². The molecule has 1 aromatic heterocycles. The van der Waals surface area contributed by atoms with Crippen molar-refractivity contribution < 1.29 is 4.79 Å². The van der Waals surface area contributed by atoms with Crippen molar-refractivity contribution in [2.24, 2.45) is 5.92 Å². The lowest BCUT2D eigenvalue weighted by Gasteiger charge is -2.30. The molecular weight excluding hydrogens is 296 g/mol. The summed E-state index contributed by atoms with van der Waals surface area (Å²) in [5.74, 6) is 2.46. The number of hydrogen-bond acceptors (Lipinski definition) is 5. The van der Waals surface area contributed by atoms with Gasteiger partial charge in [-0.05, 0) is 31.6 Å². The van der Waals surface area contributed by atoms with E-state index in [1.54, 1.807) is 6.33 Å². The second kappa shape index (κ2) is 7.31. The molecule has 0 N–H and O–H groups in total. The zero-order chi connectivity index (χ0) is 15.4. The number of aromatic nitrogens is 2. The van der Waals surface area contributed by atoms with E-state index in [1.165, 1.54) is 24.6 Å². The fourth-order valence-electron chi connectivity index (χ4n) is 3.01. The van der Waals surface area contributed by atoms with E-state index in [-0.39, 0.29) is 5.91 Å². The number of carbonyl (C=O) groups excluding carboxylic acids is 1. The van der Waals surface area contributed by atoms with Crippen LogP contribution in [0.15, 0.2) is 17.4 Å². The Morgan fingerprint density at radius 2 is 1.95 bits per heavy atom. The molecule has 1 amide bonds. The topological polar surface area (TPSA) is 49.3 Å². The van der Waals surface area contributed by atoms with Crippen LogP contribution >= 0.6 is 11.8 Å². The van der Waals surface area contributed by atoms with Gasteiger partial charge in [0.05, 0.1) is 5.75 Å². The fraction of sp³-hybridized carbons (Fsp3) is 0.688. The van der Waals surface area contributed by atoms with Crippen LogP contribution in [0, 0.1) is 5.92 Å². The van der Waals surface area contributed by atoms with Gasteiger partial charge in [-0.3, -0.25) is 4.79 Å². The van der Waals surface area contributed by atoms with E-state index < -0.39 is 0 Å². The second-order valence-corrected chi connectivity index (χ2v) is 7.26. The van der Waals surface area contributed by atoms with Gasteiger partial charge >= 0.3 is 0 Å². The number of thioether (sulfide) groups is 1. The van der Waals surface area contributed by atoms with Crippen LogP contribution in [0.2, 0.25) is 0 Å². The number of rotatable bonds is 4. The van der Waals surface area contributed by atoms with E-state index in [0.29, 0.717) is 5.75 Å². The lowest BCUT2D eigenvalue weighted by atomic mass is 9.99. The number of piperidine rings is 1. The van der Waals surface area contributed by atoms with Gasteiger partial charge < -0.3 is 9.80 Å². The van der Waals surface area contributed by atoms with Gasteiger partial charge in [-0.1, -0.05) is 18.7 Å². The molecule has 0 radical (unpaired) electrons. The molecular formula is C16H24N4OS. The number of carbonyl (C=O) groups is 1. The van der Waals surface area contributed by atoms with Gasteiger partial charge in [0.25, 0.3) is 0 Å². The zero-order valence-electron chi connectivity index (χ0n) is 13.2. The van der Waals surface area contributed by atoms with E-state index in [2.05, 4.69) is 21.8 Å². The van der Waals surface area contributed by atoms with Crippen molar-refractivity contribution in [3.8, 4) is 0 Å². The molecule has 0 saturated carbocycles. The summed E-state index contributed by atoms with van der Waals surface area (Å²) in [7, 11) is 0. The van der Waals surface area contributed by atoms with E-state index in [1.807, 2.05) is 11.0 Å². The van der Waals surface area contributed by atoms with Crippen molar-refractivity contribution in [1.82, 2.24) is 14.9 Å². The highest BCUT2D eigenvalue weighted by atomic mass is 32.2. The summed E-state index contributed by atoms with van der Waals surface area (Å²) in [6.07, 6.45) is 6.34. The van der Waals surface area contributed by atoms with Crippen LogP contribution in [-0.4, -0.2) is 52.7 Å². The average Bonchev–Trinajstić information content (AvgIpc) is 3.08. The molecule has 22 heavy (non-hydrogen) atoms. The maximum Gasteiger partial charge on any atom is 0.232 e. The first kappa shape index (κ1) is 15.6. The van der Waals surface area contributed by atoms with E-state index >= 15 is 0 Å². The molecule has 3 heterocycles. The summed E-state index contributed by atoms with van der Waals surface area (Å²) >= 11 is 1.53. The molecule has 2 fully saturated rings. The predicted octanol–water partition coefficient (Wildman–Crippen LogP) is 2.43. The third-order valence-corrected chi connectivity index (χ3v) is 5.45. The largest absolute Gasteiger partial charge is 0.356 e. The minimum absolute atomic E-state index is 0.234. The Labute approximate surface area is 136 Å². The third-order valence-electron chi connectivity index (χ3n) is 4.54. The Morgan fingerprint density at radius 3 is 2.68 bits per heavy atom. The molecule has 120 valence electrons. The normalized spacial score (nSPS) is 19.7. The lowest BCUT2D eigenvalue weighted by Crippen LogP contribution is -2.38. The van der Waals surface area contributed by atoms with Crippen LogP contribution in [-0.2, 0) is 4.79 Å². The maximum absolute atomic E-state index is 12.3. The van der Waals surface area contributed by atoms with Gasteiger partial charge in [-0.2, -0.15) is 0 Å². The fourth-order valence-corrected chi connectivity index (χ4v) is 3.78. The van der Waals surface area contributed by atoms with E-state index in [0.717, 1.165) is 55.8 Å². The van der Waals surface area contributed by atoms with Crippen molar-refractivity contribution in [1.29, 1.82) is 0 Å². The van der Waals surface area contributed by atoms with Crippen molar-refractivity contribution >= 4 is 23.5 Å². The van der Waals surface area contributed by atoms with Crippen molar-refractivity contribution in [2.45, 2.75) is 37.6 Å². The molecule has 3 rings (SSSR count). The Morgan fingerprint density at radius 1 is 1.23 bits per heavy atom. The molecule has 2 aliphatic heterocycles. The average molecular weight is 320 g/mol.